The number of nitro groups is 1. The molecule has 0 N–H and O–H groups in total. The zero-order chi connectivity index (χ0) is 25.6. The lowest BCUT2D eigenvalue weighted by Crippen LogP contribution is -2.17. The highest BCUT2D eigenvalue weighted by molar-refractivity contribution is 7.47. The Labute approximate surface area is 203 Å². The Bertz CT molecular complexity index is 1030. The summed E-state index contributed by atoms with van der Waals surface area (Å²) in [4.78, 5) is 23.4. The Hall–Kier alpha value is -2.17. The first-order valence-corrected chi connectivity index (χ1v) is 11.7. The summed E-state index contributed by atoms with van der Waals surface area (Å²) in [6, 6.07) is 4.36. The topological polar surface area (TPSA) is 97.1 Å². The second-order valence-corrected chi connectivity index (χ2v) is 9.06. The van der Waals surface area contributed by atoms with Crippen molar-refractivity contribution in [1.82, 2.24) is 0 Å². The number of carbonyl (C=O) groups is 1. The molecule has 14 heteroatoms. The number of alkyl halides is 3. The fourth-order valence-corrected chi connectivity index (χ4v) is 4.35. The van der Waals surface area contributed by atoms with Gasteiger partial charge in [0.15, 0.2) is 11.6 Å². The Morgan fingerprint density at radius 1 is 1.12 bits per heavy atom. The molecule has 0 saturated heterocycles. The van der Waals surface area contributed by atoms with Crippen LogP contribution < -0.4 is 4.74 Å². The Morgan fingerprint density at radius 3 is 2.15 bits per heavy atom. The van der Waals surface area contributed by atoms with Gasteiger partial charge in [-0.25, -0.2) is 4.79 Å². The van der Waals surface area contributed by atoms with Crippen molar-refractivity contribution in [3.05, 3.63) is 61.6 Å². The summed E-state index contributed by atoms with van der Waals surface area (Å²) in [5.41, 5.74) is -2.13. The molecule has 2 aromatic carbocycles. The van der Waals surface area contributed by atoms with Gasteiger partial charge in [-0.2, -0.15) is 13.2 Å². The Balaban J connectivity index is 2.37. The van der Waals surface area contributed by atoms with Gasteiger partial charge < -0.3 is 18.5 Å². The predicted molar refractivity (Wildman–Crippen MR) is 120 cm³/mol. The second-order valence-electron chi connectivity index (χ2n) is 6.43. The minimum absolute atomic E-state index is 0.148. The van der Waals surface area contributed by atoms with Gasteiger partial charge in [0.1, 0.15) is 11.3 Å². The SMILES string of the molecule is CCOP(OCC)C(C)OC(=O)c1cc(Oc2c(Cl)cc(C(F)(F)F)cc2Cl)ccc1[N+](=O)[O-]. The number of nitro benzene ring substituents is 1. The molecule has 0 aliphatic carbocycles. The zero-order valence-electron chi connectivity index (χ0n) is 18.0. The number of nitrogens with zero attached hydrogens (tertiary/aromatic N) is 1. The highest BCUT2D eigenvalue weighted by atomic mass is 35.5. The third kappa shape index (κ3) is 7.16. The molecule has 8 nitrogen and oxygen atoms in total. The monoisotopic (exact) mass is 543 g/mol. The number of ether oxygens (including phenoxy) is 2. The van der Waals surface area contributed by atoms with Gasteiger partial charge in [-0.3, -0.25) is 10.1 Å². The lowest BCUT2D eigenvalue weighted by molar-refractivity contribution is -0.385. The maximum absolute atomic E-state index is 12.9. The number of rotatable bonds is 10. The second kappa shape index (κ2) is 12.0. The van der Waals surface area contributed by atoms with Crippen LogP contribution >= 0.6 is 31.6 Å². The van der Waals surface area contributed by atoms with Crippen LogP contribution in [0, 0.1) is 10.1 Å². The highest BCUT2D eigenvalue weighted by Crippen LogP contribution is 2.45. The number of carbonyl (C=O) groups excluding carboxylic acids is 1. The van der Waals surface area contributed by atoms with Crippen molar-refractivity contribution in [3.8, 4) is 11.5 Å². The molecular formula is C20H19Cl2F3NO7P. The molecule has 0 fully saturated rings. The van der Waals surface area contributed by atoms with E-state index in [2.05, 4.69) is 0 Å². The van der Waals surface area contributed by atoms with Crippen molar-refractivity contribution in [3.63, 3.8) is 0 Å². The number of halogens is 5. The maximum atomic E-state index is 12.9. The van der Waals surface area contributed by atoms with Crippen molar-refractivity contribution in [2.75, 3.05) is 13.2 Å². The maximum Gasteiger partial charge on any atom is 0.416 e. The first-order chi connectivity index (χ1) is 15.9. The van der Waals surface area contributed by atoms with Gasteiger partial charge in [0.25, 0.3) is 5.69 Å². The summed E-state index contributed by atoms with van der Waals surface area (Å²) in [5, 5.41) is 10.5. The number of hydrogen-bond acceptors (Lipinski definition) is 7. The highest BCUT2D eigenvalue weighted by Gasteiger charge is 2.33. The minimum atomic E-state index is -4.69. The molecule has 0 aliphatic rings. The number of hydrogen-bond donors (Lipinski definition) is 0. The smallest absolute Gasteiger partial charge is 0.416 e. The summed E-state index contributed by atoms with van der Waals surface area (Å²) in [6.45, 7) is 5.57. The summed E-state index contributed by atoms with van der Waals surface area (Å²) >= 11 is 11.8. The summed E-state index contributed by atoms with van der Waals surface area (Å²) in [7, 11) is -1.61. The largest absolute Gasteiger partial charge is 0.454 e. The van der Waals surface area contributed by atoms with E-state index in [-0.39, 0.29) is 11.5 Å². The van der Waals surface area contributed by atoms with Crippen LogP contribution in [0.3, 0.4) is 0 Å². The van der Waals surface area contributed by atoms with Crippen LogP contribution in [-0.4, -0.2) is 30.0 Å². The van der Waals surface area contributed by atoms with Crippen LogP contribution in [0.1, 0.15) is 36.7 Å². The molecule has 2 rings (SSSR count). The van der Waals surface area contributed by atoms with Crippen LogP contribution in [-0.2, 0) is 20.0 Å². The van der Waals surface area contributed by atoms with E-state index in [1.54, 1.807) is 13.8 Å². The zero-order valence-corrected chi connectivity index (χ0v) is 20.4. The van der Waals surface area contributed by atoms with Crippen molar-refractivity contribution in [1.29, 1.82) is 0 Å². The standard InChI is InChI=1S/C20H19Cl2F3NO7P/c1-4-30-34(31-5-2)11(3)32-19(27)14-10-13(6-7-17(14)26(28)29)33-18-15(21)8-12(9-16(18)22)20(23,24)25/h6-11H,4-5H2,1-3H3. The normalized spacial score (nSPS) is 12.5. The Morgan fingerprint density at radius 2 is 1.68 bits per heavy atom. The van der Waals surface area contributed by atoms with Gasteiger partial charge in [0.2, 0.25) is 8.38 Å². The summed E-state index contributed by atoms with van der Waals surface area (Å²) in [5.74, 6) is -2.38. The van der Waals surface area contributed by atoms with E-state index in [0.717, 1.165) is 18.2 Å². The molecule has 0 aliphatic heterocycles. The molecule has 186 valence electrons. The molecule has 0 radical (unpaired) electrons. The van der Waals surface area contributed by atoms with Gasteiger partial charge in [0.05, 0.1) is 33.7 Å². The molecule has 0 aromatic heterocycles. The average molecular weight is 544 g/mol. The van der Waals surface area contributed by atoms with E-state index in [9.17, 15) is 28.1 Å². The third-order valence-corrected chi connectivity index (χ3v) is 6.30. The Kier molecular flexibility index (Phi) is 9.90. The van der Waals surface area contributed by atoms with E-state index < -0.39 is 58.1 Å². The van der Waals surface area contributed by atoms with Crippen LogP contribution in [0.4, 0.5) is 18.9 Å². The lowest BCUT2D eigenvalue weighted by atomic mass is 10.1. The molecule has 1 atom stereocenters. The van der Waals surface area contributed by atoms with Gasteiger partial charge in [-0.15, -0.1) is 0 Å². The molecule has 0 heterocycles. The van der Waals surface area contributed by atoms with Crippen molar-refractivity contribution in [2.45, 2.75) is 32.8 Å². The molecule has 34 heavy (non-hydrogen) atoms. The van der Waals surface area contributed by atoms with Gasteiger partial charge >= 0.3 is 12.1 Å². The molecule has 0 bridgehead atoms. The van der Waals surface area contributed by atoms with Crippen LogP contribution in [0.5, 0.6) is 11.5 Å². The van der Waals surface area contributed by atoms with E-state index in [1.165, 1.54) is 6.92 Å². The first-order valence-electron chi connectivity index (χ1n) is 9.67. The number of benzene rings is 2. The molecule has 0 saturated carbocycles. The predicted octanol–water partition coefficient (Wildman–Crippen LogP) is 7.60. The number of esters is 1. The lowest BCUT2D eigenvalue weighted by Gasteiger charge is -2.22. The van der Waals surface area contributed by atoms with E-state index >= 15 is 0 Å². The van der Waals surface area contributed by atoms with Crippen molar-refractivity contribution in [2.24, 2.45) is 0 Å². The van der Waals surface area contributed by atoms with Crippen molar-refractivity contribution < 1.29 is 41.4 Å². The van der Waals surface area contributed by atoms with Crippen LogP contribution in [0.2, 0.25) is 10.0 Å². The first kappa shape index (κ1) is 28.1. The van der Waals surface area contributed by atoms with E-state index in [4.69, 9.17) is 41.7 Å². The summed E-state index contributed by atoms with van der Waals surface area (Å²) < 4.78 is 60.4. The fourth-order valence-electron chi connectivity index (χ4n) is 2.60. The molecule has 1 unspecified atom stereocenters. The summed E-state index contributed by atoms with van der Waals surface area (Å²) in [6.07, 6.45) is -4.69. The van der Waals surface area contributed by atoms with E-state index in [0.29, 0.717) is 25.3 Å². The van der Waals surface area contributed by atoms with Crippen LogP contribution in [0.25, 0.3) is 0 Å². The molecule has 0 spiro atoms. The van der Waals surface area contributed by atoms with Gasteiger partial charge in [-0.1, -0.05) is 23.2 Å². The molecule has 0 amide bonds. The molecular weight excluding hydrogens is 525 g/mol. The van der Waals surface area contributed by atoms with Gasteiger partial charge in [0, 0.05) is 12.1 Å². The average Bonchev–Trinajstić information content (AvgIpc) is 2.74. The van der Waals surface area contributed by atoms with E-state index in [1.807, 2.05) is 0 Å². The third-order valence-electron chi connectivity index (χ3n) is 4.02. The van der Waals surface area contributed by atoms with Gasteiger partial charge in [-0.05, 0) is 39.0 Å². The minimum Gasteiger partial charge on any atom is -0.454 e. The fraction of sp³-hybridized carbons (Fsp3) is 0.350. The van der Waals surface area contributed by atoms with Crippen molar-refractivity contribution >= 4 is 43.2 Å². The van der Waals surface area contributed by atoms with Crippen LogP contribution in [0.15, 0.2) is 30.3 Å². The quantitative estimate of drug-likeness (QED) is 0.132. The molecule has 2 aromatic rings.